The van der Waals surface area contributed by atoms with Gasteiger partial charge in [-0.15, -0.1) is 11.3 Å². The summed E-state index contributed by atoms with van der Waals surface area (Å²) < 4.78 is 33.0. The summed E-state index contributed by atoms with van der Waals surface area (Å²) in [5, 5.41) is 5.30. The van der Waals surface area contributed by atoms with Crippen LogP contribution >= 0.6 is 11.3 Å². The number of nitrogens with one attached hydrogen (secondary N) is 2. The number of thiazole rings is 1. The standard InChI is InChI=1S/C22H29N5O4S2/c1-13(2)19(24-20-17-7-5-6-8-18(17)33(29,30)26-20)21(28)25-22-23-16(12-32-22)11-27-9-14(3)31-15(4)10-27/h5-8,12-15,19H,9-11H2,1-4H3,(H,24,26)(H,23,25,28)/t14?,15?,19-/m0/s1. The van der Waals surface area contributed by atoms with E-state index < -0.39 is 16.1 Å². The zero-order valence-electron chi connectivity index (χ0n) is 19.1. The van der Waals surface area contributed by atoms with Crippen LogP contribution < -0.4 is 10.0 Å². The molecule has 9 nitrogen and oxygen atoms in total. The average molecular weight is 492 g/mol. The SMILES string of the molecule is CC1CN(Cc2csc(NC(=O)[C@@H](N=C3NS(=O)(=O)c4ccccc43)C(C)C)n2)CC(C)O1. The molecule has 11 heteroatoms. The minimum atomic E-state index is -3.67. The molecule has 0 spiro atoms. The molecule has 3 heterocycles. The average Bonchev–Trinajstić information content (AvgIpc) is 3.26. The van der Waals surface area contributed by atoms with Gasteiger partial charge >= 0.3 is 0 Å². The van der Waals surface area contributed by atoms with Gasteiger partial charge in [-0.3, -0.25) is 19.4 Å². The molecule has 0 aliphatic carbocycles. The monoisotopic (exact) mass is 491 g/mol. The number of morpholine rings is 1. The molecule has 1 aromatic heterocycles. The quantitative estimate of drug-likeness (QED) is 0.642. The molecule has 0 bridgehead atoms. The second-order valence-corrected chi connectivity index (χ2v) is 11.4. The molecule has 4 rings (SSSR count). The van der Waals surface area contributed by atoms with Crippen LogP contribution in [0.15, 0.2) is 39.5 Å². The number of amidine groups is 1. The minimum absolute atomic E-state index is 0.148. The second kappa shape index (κ2) is 9.49. The summed E-state index contributed by atoms with van der Waals surface area (Å²) in [7, 11) is -3.67. The van der Waals surface area contributed by atoms with E-state index in [1.165, 1.54) is 17.4 Å². The van der Waals surface area contributed by atoms with Gasteiger partial charge in [-0.1, -0.05) is 26.0 Å². The van der Waals surface area contributed by atoms with Gasteiger partial charge in [0, 0.05) is 30.6 Å². The van der Waals surface area contributed by atoms with E-state index in [-0.39, 0.29) is 34.8 Å². The van der Waals surface area contributed by atoms with Gasteiger partial charge in [-0.05, 0) is 31.9 Å². The predicted octanol–water partition coefficient (Wildman–Crippen LogP) is 2.45. The van der Waals surface area contributed by atoms with E-state index in [1.807, 2.05) is 19.2 Å². The first-order valence-electron chi connectivity index (χ1n) is 11.0. The van der Waals surface area contributed by atoms with Crippen molar-refractivity contribution >= 4 is 38.2 Å². The van der Waals surface area contributed by atoms with Gasteiger partial charge in [0.2, 0.25) is 0 Å². The minimum Gasteiger partial charge on any atom is -0.373 e. The summed E-state index contributed by atoms with van der Waals surface area (Å²) in [6.07, 6.45) is 0.353. The van der Waals surface area contributed by atoms with Gasteiger partial charge in [0.1, 0.15) is 11.9 Å². The molecular formula is C22H29N5O4S2. The number of aromatic nitrogens is 1. The Kier molecular flexibility index (Phi) is 6.85. The molecular weight excluding hydrogens is 462 g/mol. The Labute approximate surface area is 198 Å². The Morgan fingerprint density at radius 2 is 2.00 bits per heavy atom. The van der Waals surface area contributed by atoms with E-state index in [1.54, 1.807) is 18.2 Å². The largest absolute Gasteiger partial charge is 0.373 e. The molecule has 2 aliphatic heterocycles. The summed E-state index contributed by atoms with van der Waals surface area (Å²) in [6, 6.07) is 5.83. The maximum absolute atomic E-state index is 13.0. The molecule has 1 aromatic carbocycles. The molecule has 2 aliphatic rings. The number of ether oxygens (including phenoxy) is 1. The van der Waals surface area contributed by atoms with Gasteiger partial charge in [-0.2, -0.15) is 0 Å². The van der Waals surface area contributed by atoms with E-state index in [9.17, 15) is 13.2 Å². The van der Waals surface area contributed by atoms with E-state index in [0.717, 1.165) is 18.8 Å². The molecule has 2 unspecified atom stereocenters. The van der Waals surface area contributed by atoms with Crippen molar-refractivity contribution in [3.63, 3.8) is 0 Å². The van der Waals surface area contributed by atoms with E-state index in [2.05, 4.69) is 38.8 Å². The number of carbonyl (C=O) groups is 1. The number of aliphatic imine (C=N–C) groups is 1. The number of carbonyl (C=O) groups excluding carboxylic acids is 1. The highest BCUT2D eigenvalue weighted by atomic mass is 32.2. The Hall–Kier alpha value is -2.34. The topological polar surface area (TPSA) is 113 Å². The zero-order chi connectivity index (χ0) is 23.8. The summed E-state index contributed by atoms with van der Waals surface area (Å²) in [6.45, 7) is 10.2. The van der Waals surface area contributed by atoms with Gasteiger partial charge in [0.05, 0.1) is 22.8 Å². The number of sulfonamides is 1. The van der Waals surface area contributed by atoms with Crippen molar-refractivity contribution in [2.75, 3.05) is 18.4 Å². The Balaban J connectivity index is 1.47. The van der Waals surface area contributed by atoms with Crippen LogP contribution in [0.2, 0.25) is 0 Å². The third-order valence-corrected chi connectivity index (χ3v) is 7.70. The van der Waals surface area contributed by atoms with Crippen LogP contribution in [0, 0.1) is 5.92 Å². The van der Waals surface area contributed by atoms with Crippen LogP contribution in [0.4, 0.5) is 5.13 Å². The van der Waals surface area contributed by atoms with Crippen LogP contribution in [0.25, 0.3) is 0 Å². The van der Waals surface area contributed by atoms with Crippen LogP contribution in [-0.2, 0) is 26.1 Å². The molecule has 1 fully saturated rings. The first-order chi connectivity index (χ1) is 15.6. The zero-order valence-corrected chi connectivity index (χ0v) is 20.7. The van der Waals surface area contributed by atoms with Gasteiger partial charge in [0.15, 0.2) is 5.13 Å². The summed E-state index contributed by atoms with van der Waals surface area (Å²) >= 11 is 1.37. The normalized spacial score (nSPS) is 24.5. The van der Waals surface area contributed by atoms with E-state index in [0.29, 0.717) is 17.2 Å². The highest BCUT2D eigenvalue weighted by Crippen LogP contribution is 2.24. The number of rotatable bonds is 6. The van der Waals surface area contributed by atoms with E-state index in [4.69, 9.17) is 4.74 Å². The number of hydrogen-bond donors (Lipinski definition) is 2. The van der Waals surface area contributed by atoms with Crippen molar-refractivity contribution in [2.45, 2.75) is 57.4 Å². The molecule has 2 aromatic rings. The summed E-state index contributed by atoms with van der Waals surface area (Å²) in [5.74, 6) is -0.282. The van der Waals surface area contributed by atoms with Crippen LogP contribution in [0.1, 0.15) is 39.0 Å². The van der Waals surface area contributed by atoms with Crippen LogP contribution in [0.3, 0.4) is 0 Å². The van der Waals surface area contributed by atoms with Crippen molar-refractivity contribution in [2.24, 2.45) is 10.9 Å². The van der Waals surface area contributed by atoms with E-state index >= 15 is 0 Å². The first kappa shape index (κ1) is 23.8. The fourth-order valence-corrected chi connectivity index (χ4v) is 6.08. The van der Waals surface area contributed by atoms with Gasteiger partial charge in [-0.25, -0.2) is 13.4 Å². The lowest BCUT2D eigenvalue weighted by Gasteiger charge is -2.34. The number of hydrogen-bond acceptors (Lipinski definition) is 8. The lowest BCUT2D eigenvalue weighted by atomic mass is 10.0. The molecule has 178 valence electrons. The third-order valence-electron chi connectivity index (χ3n) is 5.49. The molecule has 1 saturated heterocycles. The Morgan fingerprint density at radius 3 is 2.70 bits per heavy atom. The third kappa shape index (κ3) is 5.43. The second-order valence-electron chi connectivity index (χ2n) is 8.85. The van der Waals surface area contributed by atoms with Crippen LogP contribution in [-0.4, -0.2) is 61.4 Å². The molecule has 1 amide bonds. The number of nitrogens with zero attached hydrogens (tertiary/aromatic N) is 3. The molecule has 33 heavy (non-hydrogen) atoms. The number of fused-ring (bicyclic) bond motifs is 1. The van der Waals surface area contributed by atoms with Gasteiger partial charge in [0.25, 0.3) is 15.9 Å². The smallest absolute Gasteiger partial charge is 0.263 e. The number of benzene rings is 1. The van der Waals surface area contributed by atoms with Crippen molar-refractivity contribution in [1.29, 1.82) is 0 Å². The number of anilines is 1. The molecule has 0 saturated carbocycles. The highest BCUT2D eigenvalue weighted by molar-refractivity contribution is 7.90. The summed E-state index contributed by atoms with van der Waals surface area (Å²) in [4.78, 5) is 24.6. The highest BCUT2D eigenvalue weighted by Gasteiger charge is 2.33. The molecule has 3 atom stereocenters. The predicted molar refractivity (Wildman–Crippen MR) is 128 cm³/mol. The lowest BCUT2D eigenvalue weighted by Crippen LogP contribution is -2.44. The maximum atomic E-state index is 13.0. The van der Waals surface area contributed by atoms with Crippen molar-refractivity contribution < 1.29 is 17.9 Å². The molecule has 0 radical (unpaired) electrons. The van der Waals surface area contributed by atoms with Crippen molar-refractivity contribution in [3.05, 3.63) is 40.9 Å². The fraction of sp³-hybridized carbons (Fsp3) is 0.500. The first-order valence-corrected chi connectivity index (χ1v) is 13.3. The van der Waals surface area contributed by atoms with Crippen molar-refractivity contribution in [3.8, 4) is 0 Å². The lowest BCUT2D eigenvalue weighted by molar-refractivity contribution is -0.118. The van der Waals surface area contributed by atoms with Crippen molar-refractivity contribution in [1.82, 2.24) is 14.6 Å². The number of amides is 1. The Morgan fingerprint density at radius 1 is 1.30 bits per heavy atom. The fourth-order valence-electron chi connectivity index (χ4n) is 4.14. The summed E-state index contributed by atoms with van der Waals surface area (Å²) in [5.41, 5.74) is 1.36. The van der Waals surface area contributed by atoms with Crippen LogP contribution in [0.5, 0.6) is 0 Å². The maximum Gasteiger partial charge on any atom is 0.263 e. The van der Waals surface area contributed by atoms with Gasteiger partial charge < -0.3 is 10.1 Å². The Bertz CT molecular complexity index is 1150. The molecule has 2 N–H and O–H groups in total.